The Morgan fingerprint density at radius 2 is 1.93 bits per heavy atom. The molecule has 3 rings (SSSR count). The number of nitrogens with zero attached hydrogens (tertiary/aromatic N) is 2. The summed E-state index contributed by atoms with van der Waals surface area (Å²) in [7, 11) is 1.37. The van der Waals surface area contributed by atoms with Gasteiger partial charge in [-0.1, -0.05) is 24.3 Å². The Morgan fingerprint density at radius 1 is 1.15 bits per heavy atom. The molecule has 1 aromatic carbocycles. The molecule has 27 heavy (non-hydrogen) atoms. The van der Waals surface area contributed by atoms with Gasteiger partial charge in [0.1, 0.15) is 5.69 Å². The number of hydrogen-bond donors (Lipinski definition) is 2. The lowest BCUT2D eigenvalue weighted by Crippen LogP contribution is -2.39. The van der Waals surface area contributed by atoms with E-state index in [4.69, 9.17) is 4.74 Å². The van der Waals surface area contributed by atoms with Crippen LogP contribution in [0.15, 0.2) is 53.9 Å². The SMILES string of the molecule is CNC(=O)NC(=O)COC(=O)c1cc(-c2cccs2)nn1-c1ccccc1. The highest BCUT2D eigenvalue weighted by Gasteiger charge is 2.20. The molecule has 0 aliphatic rings. The van der Waals surface area contributed by atoms with Crippen LogP contribution in [0.1, 0.15) is 10.5 Å². The Bertz CT molecular complexity index is 951. The van der Waals surface area contributed by atoms with Gasteiger partial charge >= 0.3 is 12.0 Å². The van der Waals surface area contributed by atoms with E-state index in [1.807, 2.05) is 41.0 Å². The molecule has 0 atom stereocenters. The second kappa shape index (κ2) is 8.28. The molecule has 0 aliphatic heterocycles. The number of para-hydroxylation sites is 1. The summed E-state index contributed by atoms with van der Waals surface area (Å²) in [6.07, 6.45) is 0. The summed E-state index contributed by atoms with van der Waals surface area (Å²) in [5.41, 5.74) is 1.48. The maximum Gasteiger partial charge on any atom is 0.357 e. The minimum Gasteiger partial charge on any atom is -0.451 e. The first-order chi connectivity index (χ1) is 13.1. The van der Waals surface area contributed by atoms with Gasteiger partial charge < -0.3 is 10.1 Å². The van der Waals surface area contributed by atoms with Gasteiger partial charge in [0.15, 0.2) is 12.3 Å². The topological polar surface area (TPSA) is 102 Å². The summed E-state index contributed by atoms with van der Waals surface area (Å²) in [5, 5.41) is 10.7. The molecule has 9 heteroatoms. The normalized spacial score (nSPS) is 10.3. The van der Waals surface area contributed by atoms with Crippen molar-refractivity contribution in [2.24, 2.45) is 0 Å². The summed E-state index contributed by atoms with van der Waals surface area (Å²) >= 11 is 1.50. The molecule has 0 aliphatic carbocycles. The number of benzene rings is 1. The first-order valence-corrected chi connectivity index (χ1v) is 8.84. The van der Waals surface area contributed by atoms with Gasteiger partial charge in [-0.05, 0) is 23.6 Å². The Morgan fingerprint density at radius 3 is 2.59 bits per heavy atom. The zero-order chi connectivity index (χ0) is 19.2. The summed E-state index contributed by atoms with van der Waals surface area (Å²) < 4.78 is 6.51. The standard InChI is InChI=1S/C18H16N4O4S/c1-19-18(25)20-16(23)11-26-17(24)14-10-13(15-8-5-9-27-15)21-22(14)12-6-3-2-4-7-12/h2-10H,11H2,1H3,(H2,19,20,23,25). The number of rotatable bonds is 5. The van der Waals surface area contributed by atoms with Gasteiger partial charge in [0, 0.05) is 13.1 Å². The predicted molar refractivity (Wildman–Crippen MR) is 99.8 cm³/mol. The number of carbonyl (C=O) groups excluding carboxylic acids is 3. The number of urea groups is 1. The van der Waals surface area contributed by atoms with Crippen LogP contribution in [0.25, 0.3) is 16.3 Å². The molecular formula is C18H16N4O4S. The van der Waals surface area contributed by atoms with Gasteiger partial charge in [-0.15, -0.1) is 11.3 Å². The quantitative estimate of drug-likeness (QED) is 0.657. The Hall–Kier alpha value is -3.46. The maximum atomic E-state index is 12.5. The molecular weight excluding hydrogens is 368 g/mol. The molecule has 8 nitrogen and oxygen atoms in total. The lowest BCUT2D eigenvalue weighted by Gasteiger charge is -2.08. The van der Waals surface area contributed by atoms with Gasteiger partial charge in [0.05, 0.1) is 10.6 Å². The monoisotopic (exact) mass is 384 g/mol. The number of amides is 3. The summed E-state index contributed by atoms with van der Waals surface area (Å²) in [4.78, 5) is 36.2. The Balaban J connectivity index is 1.84. The highest BCUT2D eigenvalue weighted by atomic mass is 32.1. The zero-order valence-corrected chi connectivity index (χ0v) is 15.2. The number of imide groups is 1. The van der Waals surface area contributed by atoms with Crippen molar-refractivity contribution in [2.45, 2.75) is 0 Å². The third-order valence-corrected chi connectivity index (χ3v) is 4.40. The summed E-state index contributed by atoms with van der Waals surface area (Å²) in [5.74, 6) is -1.45. The number of esters is 1. The largest absolute Gasteiger partial charge is 0.451 e. The van der Waals surface area contributed by atoms with Crippen LogP contribution < -0.4 is 10.6 Å². The van der Waals surface area contributed by atoms with Crippen LogP contribution in [-0.4, -0.2) is 41.3 Å². The van der Waals surface area contributed by atoms with E-state index in [1.54, 1.807) is 18.2 Å². The molecule has 138 valence electrons. The average molecular weight is 384 g/mol. The molecule has 0 spiro atoms. The molecule has 0 radical (unpaired) electrons. The van der Waals surface area contributed by atoms with Crippen molar-refractivity contribution in [3.63, 3.8) is 0 Å². The molecule has 0 bridgehead atoms. The molecule has 0 fully saturated rings. The molecule has 0 unspecified atom stereocenters. The van der Waals surface area contributed by atoms with Crippen LogP contribution in [0.4, 0.5) is 4.79 Å². The Labute approximate surface area is 158 Å². The summed E-state index contributed by atoms with van der Waals surface area (Å²) in [6.45, 7) is -0.583. The third-order valence-electron chi connectivity index (χ3n) is 3.51. The van der Waals surface area contributed by atoms with Gasteiger partial charge in [-0.2, -0.15) is 5.10 Å². The van der Waals surface area contributed by atoms with Crippen molar-refractivity contribution < 1.29 is 19.1 Å². The number of thiophene rings is 1. The van der Waals surface area contributed by atoms with Gasteiger partial charge in [0.2, 0.25) is 0 Å². The predicted octanol–water partition coefficient (Wildman–Crippen LogP) is 2.21. The second-order valence-electron chi connectivity index (χ2n) is 5.34. The first kappa shape index (κ1) is 18.3. The van der Waals surface area contributed by atoms with E-state index in [0.29, 0.717) is 11.4 Å². The van der Waals surface area contributed by atoms with Gasteiger partial charge in [0.25, 0.3) is 5.91 Å². The van der Waals surface area contributed by atoms with Crippen LogP contribution >= 0.6 is 11.3 Å². The molecule has 2 aromatic heterocycles. The first-order valence-electron chi connectivity index (χ1n) is 7.96. The zero-order valence-electron chi connectivity index (χ0n) is 14.3. The van der Waals surface area contributed by atoms with Crippen LogP contribution in [0.2, 0.25) is 0 Å². The number of aromatic nitrogens is 2. The lowest BCUT2D eigenvalue weighted by molar-refractivity contribution is -0.123. The molecule has 3 aromatic rings. The van der Waals surface area contributed by atoms with Gasteiger partial charge in [-0.25, -0.2) is 14.3 Å². The number of hydrogen-bond acceptors (Lipinski definition) is 6. The summed E-state index contributed by atoms with van der Waals surface area (Å²) in [6, 6.07) is 13.8. The molecule has 0 saturated heterocycles. The highest BCUT2D eigenvalue weighted by molar-refractivity contribution is 7.13. The maximum absolute atomic E-state index is 12.5. The fraction of sp³-hybridized carbons (Fsp3) is 0.111. The number of ether oxygens (including phenoxy) is 1. The van der Waals surface area contributed by atoms with E-state index in [0.717, 1.165) is 4.88 Å². The molecule has 3 amide bonds. The molecule has 2 N–H and O–H groups in total. The average Bonchev–Trinajstić information content (AvgIpc) is 3.36. The minimum atomic E-state index is -0.730. The van der Waals surface area contributed by atoms with E-state index in [9.17, 15) is 14.4 Å². The van der Waals surface area contributed by atoms with E-state index in [-0.39, 0.29) is 5.69 Å². The fourth-order valence-electron chi connectivity index (χ4n) is 2.27. The van der Waals surface area contributed by atoms with Crippen molar-refractivity contribution in [2.75, 3.05) is 13.7 Å². The number of carbonyl (C=O) groups is 3. The molecule has 2 heterocycles. The van der Waals surface area contributed by atoms with Crippen molar-refractivity contribution in [1.29, 1.82) is 0 Å². The van der Waals surface area contributed by atoms with E-state index >= 15 is 0 Å². The Kier molecular flexibility index (Phi) is 5.62. The molecule has 0 saturated carbocycles. The lowest BCUT2D eigenvalue weighted by atomic mass is 10.3. The number of nitrogens with one attached hydrogen (secondary N) is 2. The third kappa shape index (κ3) is 4.39. The second-order valence-corrected chi connectivity index (χ2v) is 6.29. The van der Waals surface area contributed by atoms with Crippen molar-refractivity contribution in [1.82, 2.24) is 20.4 Å². The highest BCUT2D eigenvalue weighted by Crippen LogP contribution is 2.26. The van der Waals surface area contributed by atoms with Crippen LogP contribution in [0.3, 0.4) is 0 Å². The van der Waals surface area contributed by atoms with E-state index in [2.05, 4.69) is 10.4 Å². The van der Waals surface area contributed by atoms with Crippen molar-refractivity contribution in [3.05, 3.63) is 59.6 Å². The van der Waals surface area contributed by atoms with E-state index < -0.39 is 24.5 Å². The van der Waals surface area contributed by atoms with Crippen molar-refractivity contribution >= 4 is 29.2 Å². The van der Waals surface area contributed by atoms with Crippen molar-refractivity contribution in [3.8, 4) is 16.3 Å². The van der Waals surface area contributed by atoms with E-state index in [1.165, 1.54) is 23.1 Å². The van der Waals surface area contributed by atoms with Crippen LogP contribution in [0, 0.1) is 0 Å². The minimum absolute atomic E-state index is 0.178. The van der Waals surface area contributed by atoms with Crippen LogP contribution in [0.5, 0.6) is 0 Å². The fourth-order valence-corrected chi connectivity index (χ4v) is 2.95. The van der Waals surface area contributed by atoms with Crippen LogP contribution in [-0.2, 0) is 9.53 Å². The van der Waals surface area contributed by atoms with Gasteiger partial charge in [-0.3, -0.25) is 10.1 Å². The smallest absolute Gasteiger partial charge is 0.357 e.